The van der Waals surface area contributed by atoms with E-state index in [1.807, 2.05) is 32.0 Å². The normalized spacial score (nSPS) is 12.1. The minimum absolute atomic E-state index is 0.0162. The number of aliphatic hydroxyl groups excluding tert-OH is 1. The summed E-state index contributed by atoms with van der Waals surface area (Å²) in [5.74, 6) is 0.267. The van der Waals surface area contributed by atoms with Gasteiger partial charge in [0.25, 0.3) is 0 Å². The molecule has 0 radical (unpaired) electrons. The Morgan fingerprint density at radius 2 is 1.11 bits per heavy atom. The molecule has 46 heavy (non-hydrogen) atoms. The van der Waals surface area contributed by atoms with Gasteiger partial charge in [0.15, 0.2) is 11.2 Å². The first-order valence-electron chi connectivity index (χ1n) is 13.3. The van der Waals surface area contributed by atoms with E-state index < -0.39 is 30.1 Å². The zero-order valence-electron chi connectivity index (χ0n) is 23.7. The lowest BCUT2D eigenvalue weighted by Crippen LogP contribution is -2.09. The molecule has 0 aliphatic rings. The average Bonchev–Trinajstić information content (AvgIpc) is 3.61. The molecule has 1 N–H and O–H groups in total. The maximum absolute atomic E-state index is 13.1. The summed E-state index contributed by atoms with van der Waals surface area (Å²) in [5.41, 5.74) is 1.96. The first kappa shape index (κ1) is 34.0. The van der Waals surface area contributed by atoms with E-state index in [2.05, 4.69) is 41.8 Å². The van der Waals surface area contributed by atoms with E-state index in [1.165, 1.54) is 12.1 Å². The third-order valence-electron chi connectivity index (χ3n) is 7.15. The second-order valence-electron chi connectivity index (χ2n) is 10.1. The van der Waals surface area contributed by atoms with Crippen molar-refractivity contribution in [3.05, 3.63) is 103 Å². The lowest BCUT2D eigenvalue weighted by molar-refractivity contribution is -0.139. The summed E-state index contributed by atoms with van der Waals surface area (Å²) >= 11 is 12.5. The summed E-state index contributed by atoms with van der Waals surface area (Å²) < 4.78 is 91.1. The number of aliphatic hydroxyl groups is 1. The minimum atomic E-state index is -4.56. The maximum Gasteiger partial charge on any atom is 0.416 e. The molecule has 6 aromatic rings. The topological polar surface area (TPSA) is 72.3 Å². The number of benzene rings is 4. The van der Waals surface area contributed by atoms with Crippen LogP contribution in [0.25, 0.3) is 45.1 Å². The number of alkyl halides is 7. The van der Waals surface area contributed by atoms with Gasteiger partial charge >= 0.3 is 12.4 Å². The molecule has 2 aromatic heterocycles. The largest absolute Gasteiger partial charge is 0.436 e. The molecular formula is C32H21Br2ClF6N2O3. The van der Waals surface area contributed by atoms with Crippen LogP contribution in [0.1, 0.15) is 33.4 Å². The number of fused-ring (bicyclic) bond motifs is 2. The highest BCUT2D eigenvalue weighted by Gasteiger charge is 2.35. The molecule has 0 saturated heterocycles. The smallest absolute Gasteiger partial charge is 0.416 e. The van der Waals surface area contributed by atoms with E-state index in [0.717, 1.165) is 37.8 Å². The Kier molecular flexibility index (Phi) is 9.61. The summed E-state index contributed by atoms with van der Waals surface area (Å²) in [5, 5.41) is 9.18. The summed E-state index contributed by atoms with van der Waals surface area (Å²) in [7, 11) is 0. The summed E-state index contributed by atoms with van der Waals surface area (Å²) in [6, 6.07) is 15.3. The van der Waals surface area contributed by atoms with E-state index in [0.29, 0.717) is 11.1 Å². The number of hydrogen-bond donors (Lipinski definition) is 1. The maximum atomic E-state index is 13.1. The van der Waals surface area contributed by atoms with Crippen LogP contribution in [-0.4, -0.2) is 15.1 Å². The van der Waals surface area contributed by atoms with Gasteiger partial charge in [-0.15, -0.1) is 11.6 Å². The van der Waals surface area contributed by atoms with Gasteiger partial charge in [-0.1, -0.05) is 44.0 Å². The van der Waals surface area contributed by atoms with Crippen molar-refractivity contribution in [1.82, 2.24) is 9.97 Å². The van der Waals surface area contributed by atoms with Gasteiger partial charge in [0, 0.05) is 26.0 Å². The molecule has 4 aromatic carbocycles. The molecule has 240 valence electrons. The summed E-state index contributed by atoms with van der Waals surface area (Å²) in [6.45, 7) is 3.01. The average molecular weight is 791 g/mol. The van der Waals surface area contributed by atoms with Gasteiger partial charge in [0.1, 0.15) is 11.0 Å². The Balaban J connectivity index is 0.000000181. The van der Waals surface area contributed by atoms with Crippen LogP contribution in [0.2, 0.25) is 0 Å². The highest BCUT2D eigenvalue weighted by Crippen LogP contribution is 2.39. The molecule has 14 heteroatoms. The predicted octanol–water partition coefficient (Wildman–Crippen LogP) is 11.4. The molecule has 0 aliphatic heterocycles. The number of nitrogens with zero attached hydrogens (tertiary/aromatic N) is 2. The van der Waals surface area contributed by atoms with E-state index in [1.54, 1.807) is 18.2 Å². The van der Waals surface area contributed by atoms with Crippen molar-refractivity contribution in [2.24, 2.45) is 0 Å². The highest BCUT2D eigenvalue weighted by atomic mass is 79.9. The van der Waals surface area contributed by atoms with Crippen LogP contribution in [0.5, 0.6) is 0 Å². The van der Waals surface area contributed by atoms with Crippen LogP contribution in [0.15, 0.2) is 78.4 Å². The van der Waals surface area contributed by atoms with E-state index in [9.17, 15) is 31.4 Å². The Hall–Kier alpha value is -3.39. The molecule has 0 amide bonds. The lowest BCUT2D eigenvalue weighted by atomic mass is 10.1. The zero-order valence-corrected chi connectivity index (χ0v) is 27.7. The van der Waals surface area contributed by atoms with Gasteiger partial charge < -0.3 is 13.9 Å². The Morgan fingerprint density at radius 1 is 0.696 bits per heavy atom. The zero-order chi connectivity index (χ0) is 33.6. The van der Waals surface area contributed by atoms with E-state index in [4.69, 9.17) is 20.4 Å². The third kappa shape index (κ3) is 6.83. The predicted molar refractivity (Wildman–Crippen MR) is 169 cm³/mol. The molecule has 5 nitrogen and oxygen atoms in total. The van der Waals surface area contributed by atoms with Gasteiger partial charge in [0.05, 0.1) is 17.7 Å². The number of rotatable bonds is 4. The van der Waals surface area contributed by atoms with Crippen molar-refractivity contribution in [1.29, 1.82) is 0 Å². The van der Waals surface area contributed by atoms with Crippen molar-refractivity contribution in [3.8, 4) is 22.9 Å². The number of aromatic nitrogens is 2. The number of hydrogen-bond acceptors (Lipinski definition) is 5. The Labute approximate surface area is 279 Å². The number of oxazole rings is 2. The van der Waals surface area contributed by atoms with Crippen molar-refractivity contribution in [3.63, 3.8) is 0 Å². The van der Waals surface area contributed by atoms with E-state index >= 15 is 0 Å². The molecule has 0 fully saturated rings. The standard InChI is InChI=1S/C16H10BrClF3NO.C16H11BrF3NO2/c1-8-10(3-2-4-12(8)17)15-22-13-5-9(7-18)11(16(19,20)21)6-14(13)23-15;1-8-10(3-2-4-12(8)17)15-21-13-5-9(7-22)11(16(18,19)20)6-14(13)23-15/h2-6H,7H2,1H3;2-6,22H,7H2,1H3. The fraction of sp³-hybridized carbons (Fsp3) is 0.188. The SMILES string of the molecule is Cc1c(Br)cccc1-c1nc2cc(CCl)c(C(F)(F)F)cc2o1.Cc1c(Br)cccc1-c1nc2cc(CO)c(C(F)(F)F)cc2o1. The Morgan fingerprint density at radius 3 is 1.50 bits per heavy atom. The first-order valence-corrected chi connectivity index (χ1v) is 15.4. The molecule has 2 heterocycles. The van der Waals surface area contributed by atoms with Gasteiger partial charge in [-0.25, -0.2) is 9.97 Å². The molecule has 6 rings (SSSR count). The summed E-state index contributed by atoms with van der Waals surface area (Å²) in [4.78, 5) is 8.55. The van der Waals surface area contributed by atoms with Crippen LogP contribution in [-0.2, 0) is 24.8 Å². The van der Waals surface area contributed by atoms with Gasteiger partial charge in [-0.3, -0.25) is 0 Å². The lowest BCUT2D eigenvalue weighted by Gasteiger charge is -2.10. The van der Waals surface area contributed by atoms with Gasteiger partial charge in [-0.2, -0.15) is 26.3 Å². The molecule has 0 aliphatic carbocycles. The Bertz CT molecular complexity index is 1920. The molecule has 0 unspecified atom stereocenters. The quantitative estimate of drug-likeness (QED) is 0.142. The van der Waals surface area contributed by atoms with Crippen molar-refractivity contribution >= 4 is 65.7 Å². The van der Waals surface area contributed by atoms with Gasteiger partial charge in [0.2, 0.25) is 11.8 Å². The highest BCUT2D eigenvalue weighted by molar-refractivity contribution is 9.10. The van der Waals surface area contributed by atoms with Crippen LogP contribution >= 0.6 is 43.5 Å². The minimum Gasteiger partial charge on any atom is -0.436 e. The molecular weight excluding hydrogens is 770 g/mol. The fourth-order valence-electron chi connectivity index (χ4n) is 4.71. The second-order valence-corrected chi connectivity index (χ2v) is 12.1. The van der Waals surface area contributed by atoms with Crippen molar-refractivity contribution in [2.45, 2.75) is 38.7 Å². The van der Waals surface area contributed by atoms with Gasteiger partial charge in [-0.05, 0) is 84.6 Å². The molecule has 0 spiro atoms. The monoisotopic (exact) mass is 788 g/mol. The van der Waals surface area contributed by atoms with Crippen LogP contribution < -0.4 is 0 Å². The van der Waals surface area contributed by atoms with E-state index in [-0.39, 0.29) is 45.5 Å². The fourth-order valence-corrected chi connectivity index (χ4v) is 5.67. The third-order valence-corrected chi connectivity index (χ3v) is 9.15. The summed E-state index contributed by atoms with van der Waals surface area (Å²) in [6.07, 6.45) is -9.05. The van der Waals surface area contributed by atoms with Crippen LogP contribution in [0, 0.1) is 13.8 Å². The number of halogens is 9. The van der Waals surface area contributed by atoms with Crippen LogP contribution in [0.3, 0.4) is 0 Å². The second kappa shape index (κ2) is 13.0. The van der Waals surface area contributed by atoms with Crippen molar-refractivity contribution < 1.29 is 40.3 Å². The molecule has 0 saturated carbocycles. The molecule has 0 bridgehead atoms. The first-order chi connectivity index (χ1) is 21.6. The van der Waals surface area contributed by atoms with Crippen LogP contribution in [0.4, 0.5) is 26.3 Å². The van der Waals surface area contributed by atoms with Crippen molar-refractivity contribution in [2.75, 3.05) is 0 Å². The molecule has 0 atom stereocenters.